The third-order valence-electron chi connectivity index (χ3n) is 7.77. The summed E-state index contributed by atoms with van der Waals surface area (Å²) < 4.78 is 0. The minimum absolute atomic E-state index is 0.0447. The average molecular weight is 490 g/mol. The van der Waals surface area contributed by atoms with Gasteiger partial charge in [-0.2, -0.15) is 0 Å². The van der Waals surface area contributed by atoms with Crippen LogP contribution < -0.4 is 10.6 Å². The molecule has 0 aliphatic carbocycles. The number of likely N-dealkylation sites (tertiary alicyclic amines) is 1. The Morgan fingerprint density at radius 3 is 2.03 bits per heavy atom. The summed E-state index contributed by atoms with van der Waals surface area (Å²) in [4.78, 5) is 28.7. The maximum atomic E-state index is 13.5. The topological polar surface area (TPSA) is 61.4 Å². The second-order valence-corrected chi connectivity index (χ2v) is 10.5. The molecule has 4 rings (SSSR count). The molecule has 2 aliphatic rings. The number of aryl methyl sites for hydroxylation is 2. The molecule has 5 heteroatoms. The van der Waals surface area contributed by atoms with E-state index >= 15 is 0 Å². The Morgan fingerprint density at radius 1 is 0.833 bits per heavy atom. The molecule has 2 fully saturated rings. The molecule has 2 amide bonds. The first-order valence-corrected chi connectivity index (χ1v) is 14.1. The number of piperidine rings is 2. The molecule has 2 heterocycles. The van der Waals surface area contributed by atoms with Crippen molar-refractivity contribution in [1.29, 1.82) is 0 Å². The van der Waals surface area contributed by atoms with Gasteiger partial charge in [0.05, 0.1) is 6.04 Å². The van der Waals surface area contributed by atoms with E-state index in [9.17, 15) is 9.59 Å². The van der Waals surface area contributed by atoms with Gasteiger partial charge in [-0.25, -0.2) is 0 Å². The van der Waals surface area contributed by atoms with Crippen molar-refractivity contribution < 1.29 is 9.59 Å². The highest BCUT2D eigenvalue weighted by molar-refractivity contribution is 5.90. The molecule has 2 N–H and O–H groups in total. The summed E-state index contributed by atoms with van der Waals surface area (Å²) in [7, 11) is 0. The van der Waals surface area contributed by atoms with Crippen LogP contribution in [0.15, 0.2) is 60.7 Å². The summed E-state index contributed by atoms with van der Waals surface area (Å²) in [6.07, 6.45) is 11.9. The largest absolute Gasteiger partial charge is 0.352 e. The van der Waals surface area contributed by atoms with Crippen molar-refractivity contribution in [1.82, 2.24) is 15.5 Å². The zero-order valence-corrected chi connectivity index (χ0v) is 21.7. The summed E-state index contributed by atoms with van der Waals surface area (Å²) in [5, 5.41) is 6.77. The van der Waals surface area contributed by atoms with Crippen LogP contribution in [0.5, 0.6) is 0 Å². The SMILES string of the molecule is O=C(NC(CCCc1ccccc1)CCCc1ccccc1)C1CCCCN1C(=O)C1CCCCN1. The second kappa shape index (κ2) is 14.2. The summed E-state index contributed by atoms with van der Waals surface area (Å²) >= 11 is 0. The highest BCUT2D eigenvalue weighted by Crippen LogP contribution is 2.22. The number of nitrogens with zero attached hydrogens (tertiary/aromatic N) is 1. The molecular weight excluding hydrogens is 446 g/mol. The van der Waals surface area contributed by atoms with Crippen LogP contribution >= 0.6 is 0 Å². The molecule has 2 aliphatic heterocycles. The highest BCUT2D eigenvalue weighted by Gasteiger charge is 2.36. The standard InChI is InChI=1S/C31H43N3O2/c35-30(29-22-8-10-24-34(29)31(36)28-21-7-9-23-32-28)33-27(19-11-17-25-13-3-1-4-14-25)20-12-18-26-15-5-2-6-16-26/h1-6,13-16,27-29,32H,7-12,17-24H2,(H,33,35). The third-order valence-corrected chi connectivity index (χ3v) is 7.77. The van der Waals surface area contributed by atoms with E-state index in [1.807, 2.05) is 4.90 Å². The van der Waals surface area contributed by atoms with Crippen LogP contribution in [0.25, 0.3) is 0 Å². The lowest BCUT2D eigenvalue weighted by Crippen LogP contribution is -2.58. The lowest BCUT2D eigenvalue weighted by Gasteiger charge is -2.38. The fourth-order valence-electron chi connectivity index (χ4n) is 5.71. The van der Waals surface area contributed by atoms with Gasteiger partial charge in [0.15, 0.2) is 0 Å². The number of nitrogens with one attached hydrogen (secondary N) is 2. The van der Waals surface area contributed by atoms with Crippen molar-refractivity contribution in [3.8, 4) is 0 Å². The van der Waals surface area contributed by atoms with E-state index < -0.39 is 0 Å². The summed E-state index contributed by atoms with van der Waals surface area (Å²) in [5.74, 6) is 0.169. The molecule has 2 saturated heterocycles. The first-order valence-electron chi connectivity index (χ1n) is 14.1. The van der Waals surface area contributed by atoms with Crippen LogP contribution in [-0.2, 0) is 22.4 Å². The summed E-state index contributed by atoms with van der Waals surface area (Å²) in [6.45, 7) is 1.59. The molecule has 0 bridgehead atoms. The van der Waals surface area contributed by atoms with Gasteiger partial charge in [-0.05, 0) is 88.3 Å². The van der Waals surface area contributed by atoms with Gasteiger partial charge in [-0.15, -0.1) is 0 Å². The molecule has 0 radical (unpaired) electrons. The van der Waals surface area contributed by atoms with Gasteiger partial charge in [0.1, 0.15) is 6.04 Å². The smallest absolute Gasteiger partial charge is 0.243 e. The van der Waals surface area contributed by atoms with E-state index in [0.717, 1.165) is 83.6 Å². The van der Waals surface area contributed by atoms with E-state index in [-0.39, 0.29) is 29.9 Å². The maximum Gasteiger partial charge on any atom is 0.243 e. The Labute approximate surface area is 217 Å². The van der Waals surface area contributed by atoms with Crippen LogP contribution in [0.4, 0.5) is 0 Å². The second-order valence-electron chi connectivity index (χ2n) is 10.5. The van der Waals surface area contributed by atoms with Gasteiger partial charge >= 0.3 is 0 Å². The molecule has 0 aromatic heterocycles. The fourth-order valence-corrected chi connectivity index (χ4v) is 5.71. The monoisotopic (exact) mass is 489 g/mol. The van der Waals surface area contributed by atoms with E-state index in [1.165, 1.54) is 11.1 Å². The Morgan fingerprint density at radius 2 is 1.44 bits per heavy atom. The lowest BCUT2D eigenvalue weighted by molar-refractivity contribution is -0.144. The molecule has 194 valence electrons. The number of rotatable bonds is 11. The molecule has 2 aromatic carbocycles. The normalized spacial score (nSPS) is 20.3. The number of carbonyl (C=O) groups is 2. The van der Waals surface area contributed by atoms with E-state index in [2.05, 4.69) is 71.3 Å². The summed E-state index contributed by atoms with van der Waals surface area (Å²) in [6, 6.07) is 20.8. The highest BCUT2D eigenvalue weighted by atomic mass is 16.2. The van der Waals surface area contributed by atoms with E-state index in [4.69, 9.17) is 0 Å². The van der Waals surface area contributed by atoms with Gasteiger partial charge in [0, 0.05) is 12.6 Å². The van der Waals surface area contributed by atoms with Crippen LogP contribution in [0.2, 0.25) is 0 Å². The molecule has 2 aromatic rings. The number of amides is 2. The Hall–Kier alpha value is -2.66. The molecule has 0 spiro atoms. The molecule has 5 nitrogen and oxygen atoms in total. The van der Waals surface area contributed by atoms with Crippen LogP contribution in [0, 0.1) is 0 Å². The molecule has 36 heavy (non-hydrogen) atoms. The number of carbonyl (C=O) groups excluding carboxylic acids is 2. The summed E-state index contributed by atoms with van der Waals surface area (Å²) in [5.41, 5.74) is 2.69. The van der Waals surface area contributed by atoms with E-state index in [0.29, 0.717) is 6.54 Å². The van der Waals surface area contributed by atoms with Gasteiger partial charge < -0.3 is 15.5 Å². The molecule has 2 unspecified atom stereocenters. The van der Waals surface area contributed by atoms with Gasteiger partial charge in [0.2, 0.25) is 11.8 Å². The predicted molar refractivity (Wildman–Crippen MR) is 146 cm³/mol. The Bertz CT molecular complexity index is 882. The van der Waals surface area contributed by atoms with Crippen molar-refractivity contribution in [2.75, 3.05) is 13.1 Å². The van der Waals surface area contributed by atoms with Crippen molar-refractivity contribution >= 4 is 11.8 Å². The number of hydrogen-bond acceptors (Lipinski definition) is 3. The minimum atomic E-state index is -0.333. The van der Waals surface area contributed by atoms with Crippen LogP contribution in [0.3, 0.4) is 0 Å². The average Bonchev–Trinajstić information content (AvgIpc) is 2.94. The first-order chi connectivity index (χ1) is 17.7. The van der Waals surface area contributed by atoms with Gasteiger partial charge in [0.25, 0.3) is 0 Å². The Kier molecular flexibility index (Phi) is 10.4. The molecular formula is C31H43N3O2. The third kappa shape index (κ3) is 7.92. The number of hydrogen-bond donors (Lipinski definition) is 2. The maximum absolute atomic E-state index is 13.5. The number of benzene rings is 2. The lowest BCUT2D eigenvalue weighted by atomic mass is 9.96. The molecule has 2 atom stereocenters. The van der Waals surface area contributed by atoms with Crippen molar-refractivity contribution in [2.45, 2.75) is 95.2 Å². The minimum Gasteiger partial charge on any atom is -0.352 e. The van der Waals surface area contributed by atoms with Crippen LogP contribution in [0.1, 0.15) is 75.3 Å². The Balaban J connectivity index is 1.35. The zero-order chi connectivity index (χ0) is 25.0. The fraction of sp³-hybridized carbons (Fsp3) is 0.548. The van der Waals surface area contributed by atoms with Crippen molar-refractivity contribution in [2.24, 2.45) is 0 Å². The first kappa shape index (κ1) is 26.4. The van der Waals surface area contributed by atoms with Crippen molar-refractivity contribution in [3.05, 3.63) is 71.8 Å². The quantitative estimate of drug-likeness (QED) is 0.465. The molecule has 0 saturated carbocycles. The van der Waals surface area contributed by atoms with Crippen LogP contribution in [-0.4, -0.2) is 47.9 Å². The van der Waals surface area contributed by atoms with Gasteiger partial charge in [-0.1, -0.05) is 67.1 Å². The van der Waals surface area contributed by atoms with Crippen molar-refractivity contribution in [3.63, 3.8) is 0 Å². The van der Waals surface area contributed by atoms with Gasteiger partial charge in [-0.3, -0.25) is 9.59 Å². The zero-order valence-electron chi connectivity index (χ0n) is 21.7. The van der Waals surface area contributed by atoms with E-state index in [1.54, 1.807) is 0 Å². The predicted octanol–water partition coefficient (Wildman–Crippen LogP) is 5.04.